The number of hydrogen-bond acceptors (Lipinski definition) is 7. The molecule has 0 fully saturated rings. The summed E-state index contributed by atoms with van der Waals surface area (Å²) in [5.41, 5.74) is 1.00. The summed E-state index contributed by atoms with van der Waals surface area (Å²) in [5.74, 6) is 1.04. The zero-order valence-corrected chi connectivity index (χ0v) is 18.0. The van der Waals surface area contributed by atoms with Crippen molar-refractivity contribution >= 4 is 55.4 Å². The highest BCUT2D eigenvalue weighted by Crippen LogP contribution is 2.36. The molecule has 1 N–H and O–H groups in total. The molecule has 2 aromatic carbocycles. The minimum absolute atomic E-state index is 0.287. The number of aromatic nitrogens is 2. The summed E-state index contributed by atoms with van der Waals surface area (Å²) in [6.45, 7) is 0. The average Bonchev–Trinajstić information content (AvgIpc) is 3.32. The van der Waals surface area contributed by atoms with Gasteiger partial charge in [0.25, 0.3) is 5.91 Å². The van der Waals surface area contributed by atoms with Gasteiger partial charge < -0.3 is 9.47 Å². The third kappa shape index (κ3) is 4.05. The van der Waals surface area contributed by atoms with Crippen LogP contribution in [0.4, 0.5) is 5.13 Å². The molecule has 1 amide bonds. The van der Waals surface area contributed by atoms with Gasteiger partial charge in [-0.15, -0.1) is 21.5 Å². The molecular formula is C20H16ClN3O3S2. The van der Waals surface area contributed by atoms with Crippen LogP contribution in [0.1, 0.15) is 20.2 Å². The van der Waals surface area contributed by atoms with Gasteiger partial charge in [-0.1, -0.05) is 47.2 Å². The first-order chi connectivity index (χ1) is 14.1. The minimum atomic E-state index is -0.287. The second-order valence-corrected chi connectivity index (χ2v) is 8.55. The Kier molecular flexibility index (Phi) is 5.66. The van der Waals surface area contributed by atoms with Crippen LogP contribution in [0.2, 0.25) is 5.02 Å². The summed E-state index contributed by atoms with van der Waals surface area (Å²) < 4.78 is 11.6. The highest BCUT2D eigenvalue weighted by molar-refractivity contribution is 7.22. The first-order valence-corrected chi connectivity index (χ1v) is 10.6. The van der Waals surface area contributed by atoms with Crippen molar-refractivity contribution in [3.8, 4) is 11.5 Å². The highest BCUT2D eigenvalue weighted by atomic mass is 35.5. The van der Waals surface area contributed by atoms with E-state index < -0.39 is 0 Å². The number of nitrogens with one attached hydrogen (secondary N) is 1. The summed E-state index contributed by atoms with van der Waals surface area (Å²) in [6, 6.07) is 13.3. The van der Waals surface area contributed by atoms with Gasteiger partial charge in [0.15, 0.2) is 11.5 Å². The smallest absolute Gasteiger partial charge is 0.269 e. The van der Waals surface area contributed by atoms with Crippen LogP contribution in [0.15, 0.2) is 42.5 Å². The van der Waals surface area contributed by atoms with Gasteiger partial charge >= 0.3 is 0 Å². The number of thiophene rings is 1. The lowest BCUT2D eigenvalue weighted by Crippen LogP contribution is -2.10. The quantitative estimate of drug-likeness (QED) is 0.438. The molecule has 2 aromatic heterocycles. The van der Waals surface area contributed by atoms with E-state index in [2.05, 4.69) is 15.5 Å². The van der Waals surface area contributed by atoms with Crippen molar-refractivity contribution in [2.75, 3.05) is 19.5 Å². The largest absolute Gasteiger partial charge is 0.493 e. The monoisotopic (exact) mass is 445 g/mol. The number of ether oxygens (including phenoxy) is 2. The Bertz CT molecular complexity index is 1190. The molecule has 0 aliphatic carbocycles. The van der Waals surface area contributed by atoms with Gasteiger partial charge in [0.1, 0.15) is 9.88 Å². The summed E-state index contributed by atoms with van der Waals surface area (Å²) in [5, 5.41) is 13.6. The second-order valence-electron chi connectivity index (χ2n) is 6.06. The molecular weight excluding hydrogens is 430 g/mol. The number of nitrogens with zero attached hydrogens (tertiary/aromatic N) is 2. The molecule has 4 rings (SSSR count). The minimum Gasteiger partial charge on any atom is -0.493 e. The lowest BCUT2D eigenvalue weighted by molar-refractivity contribution is 0.103. The van der Waals surface area contributed by atoms with Crippen molar-refractivity contribution in [3.05, 3.63) is 62.9 Å². The van der Waals surface area contributed by atoms with Crippen LogP contribution in [0.25, 0.3) is 10.1 Å². The number of halogens is 1. The Balaban J connectivity index is 1.49. The van der Waals surface area contributed by atoms with E-state index in [1.807, 2.05) is 42.5 Å². The number of carbonyl (C=O) groups excluding carboxylic acids is 1. The van der Waals surface area contributed by atoms with Gasteiger partial charge in [-0.2, -0.15) is 0 Å². The van der Waals surface area contributed by atoms with E-state index in [1.165, 1.54) is 22.7 Å². The molecule has 0 aliphatic heterocycles. The normalized spacial score (nSPS) is 10.9. The van der Waals surface area contributed by atoms with Crippen LogP contribution < -0.4 is 14.8 Å². The molecule has 0 saturated heterocycles. The van der Waals surface area contributed by atoms with Crippen LogP contribution >= 0.6 is 34.3 Å². The molecule has 0 aliphatic rings. The van der Waals surface area contributed by atoms with Crippen molar-refractivity contribution in [1.82, 2.24) is 10.2 Å². The van der Waals surface area contributed by atoms with Crippen molar-refractivity contribution in [3.63, 3.8) is 0 Å². The maximum atomic E-state index is 12.6. The maximum Gasteiger partial charge on any atom is 0.269 e. The van der Waals surface area contributed by atoms with E-state index in [4.69, 9.17) is 21.1 Å². The molecule has 0 atom stereocenters. The Labute approximate surface area is 180 Å². The Morgan fingerprint density at radius 2 is 1.86 bits per heavy atom. The van der Waals surface area contributed by atoms with Gasteiger partial charge in [0.05, 0.1) is 19.2 Å². The molecule has 9 heteroatoms. The van der Waals surface area contributed by atoms with E-state index in [1.54, 1.807) is 14.2 Å². The van der Waals surface area contributed by atoms with E-state index in [9.17, 15) is 4.79 Å². The van der Waals surface area contributed by atoms with Crippen molar-refractivity contribution in [2.24, 2.45) is 0 Å². The van der Waals surface area contributed by atoms with Crippen LogP contribution in [-0.2, 0) is 6.42 Å². The van der Waals surface area contributed by atoms with Gasteiger partial charge in [-0.05, 0) is 23.8 Å². The number of anilines is 1. The standard InChI is InChI=1S/C20H16ClN3O3S2/c1-26-13-8-7-11(9-14(13)27-2)10-16-23-24-20(29-16)22-19(25)18-17(21)12-5-3-4-6-15(12)28-18/h3-9H,10H2,1-2H3,(H,22,24,25). The molecule has 0 bridgehead atoms. The van der Waals surface area contributed by atoms with E-state index >= 15 is 0 Å². The SMILES string of the molecule is COc1ccc(Cc2nnc(NC(=O)c3sc4ccccc4c3Cl)s2)cc1OC. The Morgan fingerprint density at radius 3 is 2.62 bits per heavy atom. The number of hydrogen-bond donors (Lipinski definition) is 1. The number of benzene rings is 2. The van der Waals surface area contributed by atoms with Crippen LogP contribution in [-0.4, -0.2) is 30.3 Å². The number of carbonyl (C=O) groups is 1. The zero-order chi connectivity index (χ0) is 20.4. The molecule has 29 heavy (non-hydrogen) atoms. The number of methoxy groups -OCH3 is 2. The highest BCUT2D eigenvalue weighted by Gasteiger charge is 2.18. The van der Waals surface area contributed by atoms with Gasteiger partial charge in [0.2, 0.25) is 5.13 Å². The van der Waals surface area contributed by atoms with Crippen molar-refractivity contribution in [2.45, 2.75) is 6.42 Å². The van der Waals surface area contributed by atoms with Gasteiger partial charge in [-0.3, -0.25) is 10.1 Å². The maximum absolute atomic E-state index is 12.6. The Morgan fingerprint density at radius 1 is 1.07 bits per heavy atom. The van der Waals surface area contributed by atoms with Crippen LogP contribution in [0.5, 0.6) is 11.5 Å². The fourth-order valence-electron chi connectivity index (χ4n) is 2.85. The van der Waals surface area contributed by atoms with E-state index in [-0.39, 0.29) is 5.91 Å². The van der Waals surface area contributed by atoms with Gasteiger partial charge in [-0.25, -0.2) is 0 Å². The second kappa shape index (κ2) is 8.36. The zero-order valence-electron chi connectivity index (χ0n) is 15.6. The number of rotatable bonds is 6. The Hall–Kier alpha value is -2.68. The molecule has 0 saturated carbocycles. The fourth-order valence-corrected chi connectivity index (χ4v) is 5.04. The summed E-state index contributed by atoms with van der Waals surface area (Å²) >= 11 is 9.06. The fraction of sp³-hybridized carbons (Fsp3) is 0.150. The molecule has 4 aromatic rings. The van der Waals surface area contributed by atoms with Crippen molar-refractivity contribution in [1.29, 1.82) is 0 Å². The third-order valence-corrected chi connectivity index (χ3v) is 6.74. The molecule has 148 valence electrons. The number of fused-ring (bicyclic) bond motifs is 1. The predicted octanol–water partition coefficient (Wildman–Crippen LogP) is 5.27. The van der Waals surface area contributed by atoms with Gasteiger partial charge in [0, 0.05) is 16.5 Å². The van der Waals surface area contributed by atoms with E-state index in [0.717, 1.165) is 20.7 Å². The lowest BCUT2D eigenvalue weighted by atomic mass is 10.1. The predicted molar refractivity (Wildman–Crippen MR) is 117 cm³/mol. The third-order valence-electron chi connectivity index (χ3n) is 4.23. The topological polar surface area (TPSA) is 73.3 Å². The van der Waals surface area contributed by atoms with Crippen LogP contribution in [0, 0.1) is 0 Å². The average molecular weight is 446 g/mol. The molecule has 0 unspecified atom stereocenters. The molecule has 0 radical (unpaired) electrons. The summed E-state index contributed by atoms with van der Waals surface area (Å²) in [7, 11) is 3.19. The van der Waals surface area contributed by atoms with Crippen molar-refractivity contribution < 1.29 is 14.3 Å². The summed E-state index contributed by atoms with van der Waals surface area (Å²) in [6.07, 6.45) is 0.567. The molecule has 2 heterocycles. The lowest BCUT2D eigenvalue weighted by Gasteiger charge is -2.08. The molecule has 0 spiro atoms. The van der Waals surface area contributed by atoms with Crippen LogP contribution in [0.3, 0.4) is 0 Å². The first-order valence-electron chi connectivity index (χ1n) is 8.60. The first kappa shape index (κ1) is 19.6. The summed E-state index contributed by atoms with van der Waals surface area (Å²) in [4.78, 5) is 13.1. The molecule has 6 nitrogen and oxygen atoms in total. The number of amides is 1. The van der Waals surface area contributed by atoms with E-state index in [0.29, 0.717) is 33.0 Å².